The summed E-state index contributed by atoms with van der Waals surface area (Å²) in [6, 6.07) is -0.718. The number of rotatable bonds is 67. The van der Waals surface area contributed by atoms with Crippen molar-refractivity contribution in [1.29, 1.82) is 0 Å². The van der Waals surface area contributed by atoms with Crippen molar-refractivity contribution in [2.75, 3.05) is 13.2 Å². The molecule has 494 valence electrons. The number of hydrogen-bond acceptors (Lipinski definition) is 8. The average molecular weight is 1180 g/mol. The molecule has 1 saturated heterocycles. The zero-order valence-electron chi connectivity index (χ0n) is 55.5. The molecule has 0 aromatic carbocycles. The molecule has 1 fully saturated rings. The van der Waals surface area contributed by atoms with E-state index in [1.165, 1.54) is 334 Å². The highest BCUT2D eigenvalue weighted by atomic mass is 16.7. The van der Waals surface area contributed by atoms with Gasteiger partial charge in [-0.05, 0) is 38.5 Å². The summed E-state index contributed by atoms with van der Waals surface area (Å²) in [7, 11) is 0. The number of hydrogen-bond donors (Lipinski definition) is 6. The molecule has 1 aliphatic rings. The summed E-state index contributed by atoms with van der Waals surface area (Å²) in [4.78, 5) is 13.2. The summed E-state index contributed by atoms with van der Waals surface area (Å²) in [5.74, 6) is -0.135. The van der Waals surface area contributed by atoms with E-state index in [2.05, 4.69) is 31.3 Å². The highest BCUT2D eigenvalue weighted by molar-refractivity contribution is 5.76. The predicted octanol–water partition coefficient (Wildman–Crippen LogP) is 20.7. The molecular formula is C74H145NO8. The quantitative estimate of drug-likeness (QED) is 0.0261. The molecular weight excluding hydrogens is 1030 g/mol. The van der Waals surface area contributed by atoms with Crippen LogP contribution in [0.4, 0.5) is 0 Å². The molecule has 7 unspecified atom stereocenters. The number of aliphatic hydroxyl groups excluding tert-OH is 5. The molecule has 1 amide bonds. The lowest BCUT2D eigenvalue weighted by molar-refractivity contribution is -0.302. The lowest BCUT2D eigenvalue weighted by Gasteiger charge is -2.40. The highest BCUT2D eigenvalue weighted by Crippen LogP contribution is 2.24. The third kappa shape index (κ3) is 52.6. The van der Waals surface area contributed by atoms with Crippen molar-refractivity contribution in [2.24, 2.45) is 0 Å². The van der Waals surface area contributed by atoms with E-state index in [4.69, 9.17) is 9.47 Å². The molecule has 0 aromatic heterocycles. The van der Waals surface area contributed by atoms with Crippen LogP contribution in [0.25, 0.3) is 0 Å². The maximum atomic E-state index is 13.2. The number of carbonyl (C=O) groups excluding carboxylic acids is 1. The van der Waals surface area contributed by atoms with Crippen LogP contribution >= 0.6 is 0 Å². The van der Waals surface area contributed by atoms with Crippen LogP contribution in [0, 0.1) is 0 Å². The first-order chi connectivity index (χ1) is 40.8. The molecule has 0 saturated carbocycles. The van der Waals surface area contributed by atoms with Crippen molar-refractivity contribution in [1.82, 2.24) is 5.32 Å². The van der Waals surface area contributed by atoms with Crippen molar-refractivity contribution in [3.05, 3.63) is 12.2 Å². The SMILES string of the molecule is CCCCCCCCCC/C=C\CCCCCCCCCCCCCCCCCC(=O)NC(COC1OC(CO)C(O)C(O)C1O)C(O)CCCCCCCCCCCCCCCCCCCCCCCCCCCCCCCCCCC. The van der Waals surface area contributed by atoms with Gasteiger partial charge >= 0.3 is 0 Å². The first kappa shape index (κ1) is 79.9. The molecule has 1 aliphatic heterocycles. The van der Waals surface area contributed by atoms with Crippen molar-refractivity contribution in [3.63, 3.8) is 0 Å². The van der Waals surface area contributed by atoms with Crippen molar-refractivity contribution >= 4 is 5.91 Å². The number of aliphatic hydroxyl groups is 5. The minimum absolute atomic E-state index is 0.132. The van der Waals surface area contributed by atoms with Gasteiger partial charge in [0.05, 0.1) is 25.4 Å². The Bertz CT molecular complexity index is 1320. The maximum absolute atomic E-state index is 13.2. The minimum Gasteiger partial charge on any atom is -0.394 e. The van der Waals surface area contributed by atoms with E-state index < -0.39 is 49.5 Å². The predicted molar refractivity (Wildman–Crippen MR) is 355 cm³/mol. The summed E-state index contributed by atoms with van der Waals surface area (Å²) in [6.45, 7) is 3.91. The molecule has 9 heteroatoms. The summed E-state index contributed by atoms with van der Waals surface area (Å²) >= 11 is 0. The standard InChI is InChI=1S/C74H145NO8/c1-3-5-7-9-11-13-15-17-19-21-23-25-27-29-31-32-33-34-35-36-38-39-41-43-45-47-49-51-53-55-57-59-61-63-68(77)67(66-82-74-73(81)72(80)71(79)69(65-76)83-74)75-70(78)64-62-60-58-56-54-52-50-48-46-44-42-40-37-30-28-26-24-22-20-18-16-14-12-10-8-6-4-2/h22,24,67-69,71-74,76-77,79-81H,3-21,23,25-66H2,1-2H3,(H,75,78)/b24-22-. The third-order valence-corrected chi connectivity index (χ3v) is 18.4. The van der Waals surface area contributed by atoms with Gasteiger partial charge in [0, 0.05) is 6.42 Å². The monoisotopic (exact) mass is 1180 g/mol. The summed E-state index contributed by atoms with van der Waals surface area (Å²) in [5.41, 5.74) is 0. The number of allylic oxidation sites excluding steroid dienone is 2. The number of unbranched alkanes of at least 4 members (excludes halogenated alkanes) is 55. The van der Waals surface area contributed by atoms with E-state index in [0.29, 0.717) is 12.8 Å². The van der Waals surface area contributed by atoms with Crippen molar-refractivity contribution in [3.8, 4) is 0 Å². The van der Waals surface area contributed by atoms with Crippen LogP contribution < -0.4 is 5.32 Å². The van der Waals surface area contributed by atoms with E-state index in [0.717, 1.165) is 38.5 Å². The van der Waals surface area contributed by atoms with Gasteiger partial charge in [-0.1, -0.05) is 366 Å². The maximum Gasteiger partial charge on any atom is 0.220 e. The number of ether oxygens (including phenoxy) is 2. The Morgan fingerprint density at radius 2 is 0.675 bits per heavy atom. The Hall–Kier alpha value is -1.07. The van der Waals surface area contributed by atoms with Gasteiger partial charge in [0.15, 0.2) is 6.29 Å². The lowest BCUT2D eigenvalue weighted by Crippen LogP contribution is -2.60. The van der Waals surface area contributed by atoms with E-state index in [1.54, 1.807) is 0 Å². The largest absolute Gasteiger partial charge is 0.394 e. The molecule has 1 heterocycles. The van der Waals surface area contributed by atoms with Crippen LogP contribution in [0.3, 0.4) is 0 Å². The average Bonchev–Trinajstić information content (AvgIpc) is 3.60. The Labute approximate surface area is 516 Å². The molecule has 0 spiro atoms. The number of nitrogens with one attached hydrogen (secondary N) is 1. The van der Waals surface area contributed by atoms with Gasteiger partial charge in [-0.2, -0.15) is 0 Å². The molecule has 0 bridgehead atoms. The second kappa shape index (κ2) is 63.9. The van der Waals surface area contributed by atoms with Crippen LogP contribution in [0.1, 0.15) is 399 Å². The smallest absolute Gasteiger partial charge is 0.220 e. The molecule has 6 N–H and O–H groups in total. The summed E-state index contributed by atoms with van der Waals surface area (Å²) in [5, 5.41) is 55.0. The topological polar surface area (TPSA) is 149 Å². The van der Waals surface area contributed by atoms with Crippen LogP contribution in [0.15, 0.2) is 12.2 Å². The van der Waals surface area contributed by atoms with Gasteiger partial charge in [-0.15, -0.1) is 0 Å². The molecule has 1 rings (SSSR count). The van der Waals surface area contributed by atoms with Crippen LogP contribution in [-0.2, 0) is 14.3 Å². The summed E-state index contributed by atoms with van der Waals surface area (Å²) < 4.78 is 11.4. The zero-order valence-corrected chi connectivity index (χ0v) is 55.5. The Kier molecular flexibility index (Phi) is 61.6. The Balaban J connectivity index is 2.07. The molecule has 0 aromatic rings. The molecule has 9 nitrogen and oxygen atoms in total. The molecule has 0 radical (unpaired) electrons. The Morgan fingerprint density at radius 1 is 0.398 bits per heavy atom. The minimum atomic E-state index is -1.55. The second-order valence-electron chi connectivity index (χ2n) is 26.5. The number of carbonyl (C=O) groups is 1. The van der Waals surface area contributed by atoms with Gasteiger partial charge in [-0.25, -0.2) is 0 Å². The van der Waals surface area contributed by atoms with Gasteiger partial charge in [0.1, 0.15) is 24.4 Å². The van der Waals surface area contributed by atoms with Gasteiger partial charge in [0.2, 0.25) is 5.91 Å². The van der Waals surface area contributed by atoms with E-state index in [9.17, 15) is 30.3 Å². The highest BCUT2D eigenvalue weighted by Gasteiger charge is 2.44. The van der Waals surface area contributed by atoms with Gasteiger partial charge < -0.3 is 40.3 Å². The fourth-order valence-corrected chi connectivity index (χ4v) is 12.5. The summed E-state index contributed by atoms with van der Waals surface area (Å²) in [6.07, 6.45) is 75.9. The first-order valence-electron chi connectivity index (χ1n) is 37.4. The fourth-order valence-electron chi connectivity index (χ4n) is 12.5. The second-order valence-corrected chi connectivity index (χ2v) is 26.5. The van der Waals surface area contributed by atoms with Crippen molar-refractivity contribution in [2.45, 2.75) is 442 Å². The van der Waals surface area contributed by atoms with Gasteiger partial charge in [0.25, 0.3) is 0 Å². The van der Waals surface area contributed by atoms with E-state index >= 15 is 0 Å². The van der Waals surface area contributed by atoms with E-state index in [1.807, 2.05) is 0 Å². The normalized spacial score (nSPS) is 18.2. The fraction of sp³-hybridized carbons (Fsp3) is 0.959. The zero-order chi connectivity index (χ0) is 60.0. The first-order valence-corrected chi connectivity index (χ1v) is 37.4. The molecule has 7 atom stereocenters. The lowest BCUT2D eigenvalue weighted by atomic mass is 9.99. The third-order valence-electron chi connectivity index (χ3n) is 18.4. The molecule has 83 heavy (non-hydrogen) atoms. The van der Waals surface area contributed by atoms with Crippen LogP contribution in [0.2, 0.25) is 0 Å². The van der Waals surface area contributed by atoms with Gasteiger partial charge in [-0.3, -0.25) is 4.79 Å². The Morgan fingerprint density at radius 3 is 0.976 bits per heavy atom. The number of amides is 1. The van der Waals surface area contributed by atoms with Crippen LogP contribution in [0.5, 0.6) is 0 Å². The molecule has 0 aliphatic carbocycles. The van der Waals surface area contributed by atoms with Crippen LogP contribution in [-0.4, -0.2) is 87.5 Å². The van der Waals surface area contributed by atoms with Crippen molar-refractivity contribution < 1.29 is 39.8 Å². The van der Waals surface area contributed by atoms with E-state index in [-0.39, 0.29) is 12.5 Å².